The number of aryl methyl sites for hydroxylation is 1. The second-order valence-electron chi connectivity index (χ2n) is 3.37. The van der Waals surface area contributed by atoms with Crippen molar-refractivity contribution in [2.45, 2.75) is 11.8 Å². The Morgan fingerprint density at radius 3 is 2.47 bits per heavy atom. The molecule has 0 amide bonds. The van der Waals surface area contributed by atoms with Gasteiger partial charge in [-0.05, 0) is 40.5 Å². The number of nitrogens with one attached hydrogen (secondary N) is 1. The zero-order valence-corrected chi connectivity index (χ0v) is 14.5. The number of sulfonamides is 1. The lowest BCUT2D eigenvalue weighted by atomic mass is 10.2. The molecule has 0 bridgehead atoms. The second kappa shape index (κ2) is 5.97. The summed E-state index contributed by atoms with van der Waals surface area (Å²) in [6.45, 7) is 5.62. The van der Waals surface area contributed by atoms with Gasteiger partial charge in [-0.3, -0.25) is 0 Å². The average molecular weight is 448 g/mol. The summed E-state index contributed by atoms with van der Waals surface area (Å²) in [7, 11) is -3.54. The van der Waals surface area contributed by atoms with Crippen LogP contribution in [0, 0.1) is 6.92 Å². The van der Waals surface area contributed by atoms with Gasteiger partial charge in [0, 0.05) is 20.0 Å². The van der Waals surface area contributed by atoms with Crippen LogP contribution in [0.3, 0.4) is 0 Å². The number of halogens is 3. The summed E-state index contributed by atoms with van der Waals surface area (Å²) in [6.07, 6.45) is 0. The predicted octanol–water partition coefficient (Wildman–Crippen LogP) is 3.71. The van der Waals surface area contributed by atoms with Crippen molar-refractivity contribution < 1.29 is 8.42 Å². The lowest BCUT2D eigenvalue weighted by Gasteiger charge is -2.09. The standard InChI is InChI=1S/C10H10Br3NO2S/c1-6-3-9(13)10(4-8(6)12)17(15,16)14-5-7(2)11/h3-4,14H,2,5H2,1H3. The fourth-order valence-corrected chi connectivity index (χ4v) is 4.11. The number of hydrogen-bond acceptors (Lipinski definition) is 2. The summed E-state index contributed by atoms with van der Waals surface area (Å²) in [5.41, 5.74) is 0.959. The Kier molecular flexibility index (Phi) is 5.39. The summed E-state index contributed by atoms with van der Waals surface area (Å²) < 4.78 is 28.3. The van der Waals surface area contributed by atoms with E-state index < -0.39 is 10.0 Å². The van der Waals surface area contributed by atoms with Crippen LogP contribution in [0.5, 0.6) is 0 Å². The lowest BCUT2D eigenvalue weighted by molar-refractivity contribution is 0.585. The fraction of sp³-hybridized carbons (Fsp3) is 0.200. The highest BCUT2D eigenvalue weighted by Gasteiger charge is 2.18. The molecular weight excluding hydrogens is 438 g/mol. The summed E-state index contributed by atoms with van der Waals surface area (Å²) in [4.78, 5) is 0.198. The first-order valence-electron chi connectivity index (χ1n) is 4.52. The quantitative estimate of drug-likeness (QED) is 0.764. The van der Waals surface area contributed by atoms with Gasteiger partial charge in [-0.15, -0.1) is 0 Å². The largest absolute Gasteiger partial charge is 0.242 e. The van der Waals surface area contributed by atoms with Gasteiger partial charge in [0.2, 0.25) is 10.0 Å². The molecule has 7 heteroatoms. The Morgan fingerprint density at radius 2 is 1.94 bits per heavy atom. The number of rotatable bonds is 4. The van der Waals surface area contributed by atoms with Crippen molar-refractivity contribution in [3.05, 3.63) is 37.7 Å². The van der Waals surface area contributed by atoms with Crippen LogP contribution < -0.4 is 4.72 Å². The molecular formula is C10H10Br3NO2S. The molecule has 0 saturated heterocycles. The van der Waals surface area contributed by atoms with Gasteiger partial charge in [0.05, 0.1) is 4.90 Å². The zero-order chi connectivity index (χ0) is 13.2. The van der Waals surface area contributed by atoms with Crippen LogP contribution in [0.1, 0.15) is 5.56 Å². The Morgan fingerprint density at radius 1 is 1.35 bits per heavy atom. The molecule has 17 heavy (non-hydrogen) atoms. The molecule has 0 unspecified atom stereocenters. The van der Waals surface area contributed by atoms with Crippen molar-refractivity contribution in [1.82, 2.24) is 4.72 Å². The molecule has 0 aliphatic heterocycles. The molecule has 0 aliphatic rings. The van der Waals surface area contributed by atoms with Crippen LogP contribution >= 0.6 is 47.8 Å². The third kappa shape index (κ3) is 4.17. The fourth-order valence-electron chi connectivity index (χ4n) is 1.09. The average Bonchev–Trinajstić information content (AvgIpc) is 2.20. The van der Waals surface area contributed by atoms with E-state index in [1.54, 1.807) is 12.1 Å². The summed E-state index contributed by atoms with van der Waals surface area (Å²) in [6, 6.07) is 3.32. The minimum absolute atomic E-state index is 0.153. The second-order valence-corrected chi connectivity index (χ2v) is 7.94. The van der Waals surface area contributed by atoms with E-state index in [0.717, 1.165) is 10.0 Å². The molecule has 94 valence electrons. The molecule has 1 aromatic carbocycles. The topological polar surface area (TPSA) is 46.2 Å². The van der Waals surface area contributed by atoms with E-state index in [0.29, 0.717) is 8.96 Å². The van der Waals surface area contributed by atoms with Crippen molar-refractivity contribution in [3.8, 4) is 0 Å². The SMILES string of the molecule is C=C(Br)CNS(=O)(=O)c1cc(Br)c(C)cc1Br. The molecule has 0 fully saturated rings. The van der Waals surface area contributed by atoms with Gasteiger partial charge in [0.25, 0.3) is 0 Å². The minimum atomic E-state index is -3.54. The van der Waals surface area contributed by atoms with E-state index in [-0.39, 0.29) is 11.4 Å². The Hall–Kier alpha value is 0.310. The maximum atomic E-state index is 12.0. The van der Waals surface area contributed by atoms with Crippen molar-refractivity contribution in [2.75, 3.05) is 6.54 Å². The molecule has 0 aliphatic carbocycles. The summed E-state index contributed by atoms with van der Waals surface area (Å²) >= 11 is 9.66. The maximum Gasteiger partial charge on any atom is 0.242 e. The monoisotopic (exact) mass is 445 g/mol. The molecule has 1 N–H and O–H groups in total. The maximum absolute atomic E-state index is 12.0. The van der Waals surface area contributed by atoms with Gasteiger partial charge < -0.3 is 0 Å². The van der Waals surface area contributed by atoms with Gasteiger partial charge in [0.15, 0.2) is 0 Å². The van der Waals surface area contributed by atoms with Crippen LogP contribution in [0.2, 0.25) is 0 Å². The van der Waals surface area contributed by atoms with Crippen molar-refractivity contribution in [3.63, 3.8) is 0 Å². The van der Waals surface area contributed by atoms with E-state index >= 15 is 0 Å². The third-order valence-electron chi connectivity index (χ3n) is 1.96. The number of hydrogen-bond donors (Lipinski definition) is 1. The van der Waals surface area contributed by atoms with E-state index in [1.807, 2.05) is 6.92 Å². The highest BCUT2D eigenvalue weighted by molar-refractivity contribution is 9.11. The first-order valence-corrected chi connectivity index (χ1v) is 8.39. The summed E-state index contributed by atoms with van der Waals surface area (Å²) in [5, 5.41) is 0. The first-order chi connectivity index (χ1) is 7.74. The van der Waals surface area contributed by atoms with E-state index in [9.17, 15) is 8.42 Å². The van der Waals surface area contributed by atoms with Crippen LogP contribution in [-0.4, -0.2) is 15.0 Å². The molecule has 3 nitrogen and oxygen atoms in total. The minimum Gasteiger partial charge on any atom is -0.207 e. The Labute approximate surface area is 126 Å². The molecule has 0 heterocycles. The lowest BCUT2D eigenvalue weighted by Crippen LogP contribution is -2.25. The highest BCUT2D eigenvalue weighted by Crippen LogP contribution is 2.28. The predicted molar refractivity (Wildman–Crippen MR) is 79.8 cm³/mol. The van der Waals surface area contributed by atoms with Crippen LogP contribution in [0.25, 0.3) is 0 Å². The van der Waals surface area contributed by atoms with Crippen LogP contribution in [0.4, 0.5) is 0 Å². The number of benzene rings is 1. The van der Waals surface area contributed by atoms with Crippen molar-refractivity contribution in [1.29, 1.82) is 0 Å². The van der Waals surface area contributed by atoms with Gasteiger partial charge in [-0.25, -0.2) is 13.1 Å². The molecule has 0 spiro atoms. The molecule has 0 saturated carbocycles. The first kappa shape index (κ1) is 15.4. The molecule has 0 atom stereocenters. The Balaban J connectivity index is 3.15. The third-order valence-corrected chi connectivity index (χ3v) is 5.45. The zero-order valence-electron chi connectivity index (χ0n) is 8.93. The van der Waals surface area contributed by atoms with Crippen molar-refractivity contribution >= 4 is 57.8 Å². The molecule has 0 aromatic heterocycles. The molecule has 1 aromatic rings. The van der Waals surface area contributed by atoms with E-state index in [4.69, 9.17) is 0 Å². The van der Waals surface area contributed by atoms with E-state index in [2.05, 4.69) is 59.1 Å². The molecule has 0 radical (unpaired) electrons. The van der Waals surface area contributed by atoms with Gasteiger partial charge in [0.1, 0.15) is 0 Å². The normalized spacial score (nSPS) is 11.5. The Bertz CT molecular complexity index is 555. The molecule has 1 rings (SSSR count). The van der Waals surface area contributed by atoms with Gasteiger partial charge >= 0.3 is 0 Å². The van der Waals surface area contributed by atoms with Crippen LogP contribution in [0.15, 0.2) is 37.0 Å². The van der Waals surface area contributed by atoms with Gasteiger partial charge in [-0.2, -0.15) is 0 Å². The van der Waals surface area contributed by atoms with Crippen molar-refractivity contribution in [2.24, 2.45) is 0 Å². The van der Waals surface area contributed by atoms with Gasteiger partial charge in [-0.1, -0.05) is 38.4 Å². The van der Waals surface area contributed by atoms with E-state index in [1.165, 1.54) is 0 Å². The summed E-state index contributed by atoms with van der Waals surface area (Å²) in [5.74, 6) is 0. The van der Waals surface area contributed by atoms with Crippen LogP contribution in [-0.2, 0) is 10.0 Å². The highest BCUT2D eigenvalue weighted by atomic mass is 79.9. The smallest absolute Gasteiger partial charge is 0.207 e.